The van der Waals surface area contributed by atoms with E-state index in [1.807, 2.05) is 0 Å². The van der Waals surface area contributed by atoms with Gasteiger partial charge in [0.1, 0.15) is 0 Å². The van der Waals surface area contributed by atoms with Crippen molar-refractivity contribution in [1.29, 1.82) is 0 Å². The van der Waals surface area contributed by atoms with E-state index in [0.29, 0.717) is 0 Å². The minimum atomic E-state index is -1.61. The Morgan fingerprint density at radius 3 is 2.14 bits per heavy atom. The second kappa shape index (κ2) is 5.41. The van der Waals surface area contributed by atoms with Crippen LogP contribution in [0.2, 0.25) is 33.5 Å². The molecule has 0 aromatic heterocycles. The Bertz CT molecular complexity index is 265. The number of rotatable bonds is 4. The second-order valence-electron chi connectivity index (χ2n) is 4.96. The van der Waals surface area contributed by atoms with Crippen molar-refractivity contribution in [3.8, 4) is 0 Å². The van der Waals surface area contributed by atoms with Gasteiger partial charge in [-0.25, -0.2) is 0 Å². The van der Waals surface area contributed by atoms with Gasteiger partial charge in [-0.3, -0.25) is 0 Å². The van der Waals surface area contributed by atoms with Gasteiger partial charge in [-0.05, 0) is 0 Å². The molecule has 0 aliphatic rings. The van der Waals surface area contributed by atoms with Crippen LogP contribution in [0.15, 0.2) is 30.3 Å². The Balaban J connectivity index is 2.66. The van der Waals surface area contributed by atoms with Gasteiger partial charge in [0.25, 0.3) is 0 Å². The zero-order valence-corrected chi connectivity index (χ0v) is 14.0. The molecular weight excluding hydrogens is 289 g/mol. The summed E-state index contributed by atoms with van der Waals surface area (Å²) in [4.78, 5) is 0. The molecule has 0 fully saturated rings. The van der Waals surface area contributed by atoms with Crippen LogP contribution in [-0.2, 0) is 0 Å². The van der Waals surface area contributed by atoms with Gasteiger partial charge in [-0.1, -0.05) is 0 Å². The average Bonchev–Trinajstić information content (AvgIpc) is 2.16. The number of benzene rings is 1. The van der Waals surface area contributed by atoms with Crippen molar-refractivity contribution in [3.63, 3.8) is 0 Å². The van der Waals surface area contributed by atoms with Gasteiger partial charge in [-0.15, -0.1) is 0 Å². The first-order valence-corrected chi connectivity index (χ1v) is 17.8. The molecule has 0 aliphatic carbocycles. The summed E-state index contributed by atoms with van der Waals surface area (Å²) in [5, 5.41) is 3.09. The van der Waals surface area contributed by atoms with Gasteiger partial charge in [0.2, 0.25) is 0 Å². The van der Waals surface area contributed by atoms with Gasteiger partial charge >= 0.3 is 95.9 Å². The van der Waals surface area contributed by atoms with Crippen molar-refractivity contribution in [2.75, 3.05) is 0 Å². The summed E-state index contributed by atoms with van der Waals surface area (Å²) in [6, 6.07) is 11.2. The summed E-state index contributed by atoms with van der Waals surface area (Å²) in [6.07, 6.45) is 0. The molecule has 1 aromatic carbocycles. The summed E-state index contributed by atoms with van der Waals surface area (Å²) in [7, 11) is 0. The number of hydrogen-bond donors (Lipinski definition) is 0. The first kappa shape index (κ1) is 12.4. The monoisotopic (exact) mass is 313 g/mol. The summed E-state index contributed by atoms with van der Waals surface area (Å²) in [5.41, 5.74) is 0. The van der Waals surface area contributed by atoms with E-state index in [2.05, 4.69) is 53.4 Å². The van der Waals surface area contributed by atoms with E-state index in [-0.39, 0.29) is 0 Å². The van der Waals surface area contributed by atoms with Crippen LogP contribution >= 0.6 is 0 Å². The zero-order chi connectivity index (χ0) is 10.6. The Hall–Kier alpha value is 0.306. The van der Waals surface area contributed by atoms with Crippen molar-refractivity contribution in [2.24, 2.45) is 0 Å². The van der Waals surface area contributed by atoms with E-state index >= 15 is 0 Å². The summed E-state index contributed by atoms with van der Waals surface area (Å²) < 4.78 is 1.67. The maximum atomic E-state index is 2.55. The summed E-state index contributed by atoms with van der Waals surface area (Å²) >= 11 is -2.20. The molecule has 0 spiro atoms. The molecule has 0 N–H and O–H groups in total. The third kappa shape index (κ3) is 3.81. The van der Waals surface area contributed by atoms with Crippen molar-refractivity contribution in [2.45, 2.75) is 33.5 Å². The molecule has 0 nitrogen and oxygen atoms in total. The third-order valence-electron chi connectivity index (χ3n) is 2.81. The zero-order valence-electron chi connectivity index (χ0n) is 9.80. The van der Waals surface area contributed by atoms with Crippen molar-refractivity contribution in [1.82, 2.24) is 0 Å². The van der Waals surface area contributed by atoms with E-state index in [1.54, 1.807) is 9.65 Å². The van der Waals surface area contributed by atoms with Crippen LogP contribution in [0.1, 0.15) is 0 Å². The second-order valence-corrected chi connectivity index (χ2v) is 21.2. The van der Waals surface area contributed by atoms with E-state index in [4.69, 9.17) is 0 Å². The Labute approximate surface area is 95.6 Å². The van der Waals surface area contributed by atoms with Gasteiger partial charge in [0.05, 0.1) is 0 Å². The van der Waals surface area contributed by atoms with Crippen LogP contribution in [0.4, 0.5) is 0 Å². The van der Waals surface area contributed by atoms with Crippen molar-refractivity contribution in [3.05, 3.63) is 30.3 Å². The molecule has 0 heterocycles. The summed E-state index contributed by atoms with van der Waals surface area (Å²) in [6.45, 7) is 0. The van der Waals surface area contributed by atoms with Crippen LogP contribution in [0.3, 0.4) is 0 Å². The maximum absolute atomic E-state index is 2.55. The molecule has 1 rings (SSSR count). The van der Waals surface area contributed by atoms with E-state index in [0.717, 1.165) is 0 Å². The fourth-order valence-electron chi connectivity index (χ4n) is 1.60. The van der Waals surface area contributed by atoms with Crippen LogP contribution in [0.5, 0.6) is 0 Å². The number of hydrogen-bond acceptors (Lipinski definition) is 0. The summed E-state index contributed by atoms with van der Waals surface area (Å²) in [5.74, 6) is 10.1. The molecule has 1 radical (unpaired) electrons. The molecule has 1 aromatic rings. The molecule has 77 valence electrons. The Kier molecular flexibility index (Phi) is 4.78. The minimum absolute atomic E-state index is 0.587. The standard InChI is InChI=1S/C12H21Ge2/c1-13(2)10-11-14(3,4)12-8-6-5-7-9-12/h5-9H,10-11H2,1-4H3. The molecule has 0 bridgehead atoms. The predicted octanol–water partition coefficient (Wildman–Crippen LogP) is 3.36. The SMILES string of the molecule is [CH3][Ge]([CH3])[CH2][CH2][Ge]([CH3])([CH3])[c]1ccccc1. The fourth-order valence-corrected chi connectivity index (χ4v) is 19.1. The molecular formula is C12H21Ge2. The van der Waals surface area contributed by atoms with Crippen molar-refractivity contribution < 1.29 is 0 Å². The molecule has 0 amide bonds. The molecule has 0 saturated heterocycles. The first-order valence-electron chi connectivity index (χ1n) is 5.37. The average molecular weight is 311 g/mol. The fraction of sp³-hybridized carbons (Fsp3) is 0.500. The molecule has 14 heavy (non-hydrogen) atoms. The molecule has 0 atom stereocenters. The topological polar surface area (TPSA) is 0 Å². The van der Waals surface area contributed by atoms with Crippen LogP contribution in [0, 0.1) is 0 Å². The van der Waals surface area contributed by atoms with Crippen LogP contribution in [0.25, 0.3) is 0 Å². The van der Waals surface area contributed by atoms with E-state index in [9.17, 15) is 0 Å². The predicted molar refractivity (Wildman–Crippen MR) is 70.7 cm³/mol. The van der Waals surface area contributed by atoms with Crippen LogP contribution < -0.4 is 4.40 Å². The normalized spacial score (nSPS) is 12.1. The van der Waals surface area contributed by atoms with Crippen LogP contribution in [-0.4, -0.2) is 27.6 Å². The molecule has 0 saturated carbocycles. The van der Waals surface area contributed by atoms with Crippen molar-refractivity contribution >= 4 is 32.0 Å². The van der Waals surface area contributed by atoms with E-state index < -0.39 is 27.6 Å². The molecule has 2 heteroatoms. The first-order chi connectivity index (χ1) is 6.52. The molecule has 0 unspecified atom stereocenters. The van der Waals surface area contributed by atoms with Gasteiger partial charge in [0, 0.05) is 0 Å². The van der Waals surface area contributed by atoms with Gasteiger partial charge in [0.15, 0.2) is 0 Å². The van der Waals surface area contributed by atoms with Gasteiger partial charge < -0.3 is 0 Å². The Morgan fingerprint density at radius 1 is 1.07 bits per heavy atom. The van der Waals surface area contributed by atoms with E-state index in [1.165, 1.54) is 5.25 Å². The Morgan fingerprint density at radius 2 is 1.64 bits per heavy atom. The quantitative estimate of drug-likeness (QED) is 0.748. The molecule has 0 aliphatic heterocycles. The third-order valence-corrected chi connectivity index (χ3v) is 14.8. The van der Waals surface area contributed by atoms with Gasteiger partial charge in [-0.2, -0.15) is 0 Å².